The molecule has 1 aromatic rings. The molecule has 6 heteroatoms. The van der Waals surface area contributed by atoms with Gasteiger partial charge in [-0.15, -0.1) is 0 Å². The number of hydrogen-bond acceptors (Lipinski definition) is 3. The van der Waals surface area contributed by atoms with Gasteiger partial charge < -0.3 is 21.3 Å². The maximum Gasteiger partial charge on any atom is 0.312 e. The summed E-state index contributed by atoms with van der Waals surface area (Å²) in [5, 5.41) is 5.93. The quantitative estimate of drug-likeness (QED) is 0.662. The van der Waals surface area contributed by atoms with Crippen LogP contribution in [0.2, 0.25) is 0 Å². The maximum absolute atomic E-state index is 12.6. The Morgan fingerprint density at radius 3 is 2.71 bits per heavy atom. The van der Waals surface area contributed by atoms with Crippen molar-refractivity contribution in [3.05, 3.63) is 35.4 Å². The van der Waals surface area contributed by atoms with Crippen molar-refractivity contribution in [2.45, 2.75) is 38.6 Å². The first kappa shape index (κ1) is 18.3. The molecule has 0 aliphatic carbocycles. The fourth-order valence-corrected chi connectivity index (χ4v) is 3.03. The van der Waals surface area contributed by atoms with Gasteiger partial charge in [0, 0.05) is 32.6 Å². The van der Waals surface area contributed by atoms with Crippen LogP contribution in [-0.4, -0.2) is 43.0 Å². The summed E-state index contributed by atoms with van der Waals surface area (Å²) in [7, 11) is 0. The summed E-state index contributed by atoms with van der Waals surface area (Å²) in [6, 6.07) is 8.13. The topological polar surface area (TPSA) is 87.5 Å². The first-order valence-electron chi connectivity index (χ1n) is 8.74. The second-order valence-electron chi connectivity index (χ2n) is 6.15. The lowest BCUT2D eigenvalue weighted by Crippen LogP contribution is -2.48. The van der Waals surface area contributed by atoms with E-state index >= 15 is 0 Å². The van der Waals surface area contributed by atoms with E-state index in [1.54, 1.807) is 0 Å². The highest BCUT2D eigenvalue weighted by atomic mass is 16.2. The van der Waals surface area contributed by atoms with Gasteiger partial charge in [-0.2, -0.15) is 0 Å². The first-order chi connectivity index (χ1) is 11.6. The van der Waals surface area contributed by atoms with E-state index in [-0.39, 0.29) is 11.9 Å². The number of unbranched alkanes of at least 4 members (excludes halogenated alkanes) is 1. The van der Waals surface area contributed by atoms with Gasteiger partial charge in [0.2, 0.25) is 5.91 Å². The molecule has 2 rings (SSSR count). The largest absolute Gasteiger partial charge is 0.352 e. The lowest BCUT2D eigenvalue weighted by atomic mass is 10.0. The minimum absolute atomic E-state index is 0.0981. The minimum Gasteiger partial charge on any atom is -0.352 e. The van der Waals surface area contributed by atoms with E-state index < -0.39 is 6.03 Å². The van der Waals surface area contributed by atoms with E-state index in [9.17, 15) is 9.59 Å². The van der Waals surface area contributed by atoms with Crippen molar-refractivity contribution in [3.8, 4) is 0 Å². The van der Waals surface area contributed by atoms with E-state index in [2.05, 4.69) is 41.8 Å². The Morgan fingerprint density at radius 1 is 1.29 bits per heavy atom. The van der Waals surface area contributed by atoms with Gasteiger partial charge in [-0.05, 0) is 30.4 Å². The van der Waals surface area contributed by atoms with Crippen LogP contribution in [0, 0.1) is 0 Å². The molecule has 1 fully saturated rings. The summed E-state index contributed by atoms with van der Waals surface area (Å²) in [5.41, 5.74) is 7.51. The Hall–Kier alpha value is -2.08. The Labute approximate surface area is 143 Å². The van der Waals surface area contributed by atoms with Crippen LogP contribution < -0.4 is 16.4 Å². The molecule has 1 unspecified atom stereocenters. The van der Waals surface area contributed by atoms with E-state index in [0.29, 0.717) is 13.0 Å². The second-order valence-corrected chi connectivity index (χ2v) is 6.15. The van der Waals surface area contributed by atoms with E-state index in [0.717, 1.165) is 38.9 Å². The summed E-state index contributed by atoms with van der Waals surface area (Å²) in [5.74, 6) is 0.181. The molecule has 3 amide bonds. The van der Waals surface area contributed by atoms with Crippen LogP contribution in [0.1, 0.15) is 43.4 Å². The number of nitrogens with zero attached hydrogens (tertiary/aromatic N) is 1. The van der Waals surface area contributed by atoms with Crippen LogP contribution >= 0.6 is 0 Å². The van der Waals surface area contributed by atoms with Gasteiger partial charge in [0.05, 0.1) is 6.04 Å². The third-order valence-electron chi connectivity index (χ3n) is 4.45. The van der Waals surface area contributed by atoms with Crippen LogP contribution in [0.5, 0.6) is 0 Å². The number of hydrogen-bond donors (Lipinski definition) is 3. The van der Waals surface area contributed by atoms with Crippen LogP contribution in [-0.2, 0) is 11.2 Å². The van der Waals surface area contributed by atoms with Crippen molar-refractivity contribution in [1.82, 2.24) is 15.5 Å². The van der Waals surface area contributed by atoms with Crippen molar-refractivity contribution in [3.63, 3.8) is 0 Å². The maximum atomic E-state index is 12.6. The molecule has 4 N–H and O–H groups in total. The Morgan fingerprint density at radius 2 is 2.04 bits per heavy atom. The van der Waals surface area contributed by atoms with Gasteiger partial charge in [0.25, 0.3) is 0 Å². The average Bonchev–Trinajstić information content (AvgIpc) is 2.61. The average molecular weight is 332 g/mol. The molecule has 0 aromatic heterocycles. The number of aryl methyl sites for hydroxylation is 1. The lowest BCUT2D eigenvalue weighted by molar-refractivity contribution is -0.134. The number of carbonyl (C=O) groups is 2. The molecule has 132 valence electrons. The van der Waals surface area contributed by atoms with Gasteiger partial charge in [-0.3, -0.25) is 4.79 Å². The zero-order valence-corrected chi connectivity index (χ0v) is 14.4. The van der Waals surface area contributed by atoms with Crippen molar-refractivity contribution >= 4 is 11.9 Å². The molecule has 0 saturated carbocycles. The molecule has 0 radical (unpaired) electrons. The lowest BCUT2D eigenvalue weighted by Gasteiger charge is -2.36. The molecular weight excluding hydrogens is 304 g/mol. The van der Waals surface area contributed by atoms with Crippen LogP contribution in [0.4, 0.5) is 4.79 Å². The number of amides is 3. The Kier molecular flexibility index (Phi) is 7.06. The summed E-state index contributed by atoms with van der Waals surface area (Å²) in [6.45, 7) is 5.02. The molecule has 0 spiro atoms. The van der Waals surface area contributed by atoms with E-state index in [1.807, 2.05) is 4.90 Å². The molecule has 1 saturated heterocycles. The molecule has 24 heavy (non-hydrogen) atoms. The van der Waals surface area contributed by atoms with Gasteiger partial charge in [0.15, 0.2) is 0 Å². The number of nitrogens with one attached hydrogen (secondary N) is 2. The molecule has 1 atom stereocenters. The number of carbonyl (C=O) groups excluding carboxylic acids is 2. The minimum atomic E-state index is -0.515. The van der Waals surface area contributed by atoms with Crippen LogP contribution in [0.15, 0.2) is 24.3 Å². The van der Waals surface area contributed by atoms with Gasteiger partial charge in [-0.1, -0.05) is 31.2 Å². The smallest absolute Gasteiger partial charge is 0.312 e. The highest BCUT2D eigenvalue weighted by Crippen LogP contribution is 2.24. The standard InChI is InChI=1S/C18H28N4O2/c1-2-14-6-8-15(9-7-14)16-13-20-11-12-22(16)17(23)5-3-4-10-21-18(19)24/h6-9,16,20H,2-5,10-13H2,1H3,(H3,19,21,24). The fourth-order valence-electron chi connectivity index (χ4n) is 3.03. The summed E-state index contributed by atoms with van der Waals surface area (Å²) >= 11 is 0. The van der Waals surface area contributed by atoms with E-state index in [4.69, 9.17) is 5.73 Å². The molecular formula is C18H28N4O2. The molecule has 1 heterocycles. The predicted molar refractivity (Wildman–Crippen MR) is 94.6 cm³/mol. The van der Waals surface area contributed by atoms with E-state index in [1.165, 1.54) is 11.1 Å². The van der Waals surface area contributed by atoms with Crippen LogP contribution in [0.25, 0.3) is 0 Å². The number of primary amides is 1. The number of rotatable bonds is 7. The monoisotopic (exact) mass is 332 g/mol. The summed E-state index contributed by atoms with van der Waals surface area (Å²) in [6.07, 6.45) is 3.04. The number of urea groups is 1. The summed E-state index contributed by atoms with van der Waals surface area (Å²) in [4.78, 5) is 25.2. The number of benzene rings is 1. The molecule has 6 nitrogen and oxygen atoms in total. The molecule has 1 aliphatic heterocycles. The Balaban J connectivity index is 1.90. The second kappa shape index (κ2) is 9.27. The Bertz CT molecular complexity index is 544. The first-order valence-corrected chi connectivity index (χ1v) is 8.74. The van der Waals surface area contributed by atoms with Gasteiger partial charge >= 0.3 is 6.03 Å². The van der Waals surface area contributed by atoms with Crippen LogP contribution in [0.3, 0.4) is 0 Å². The van der Waals surface area contributed by atoms with Gasteiger partial charge in [-0.25, -0.2) is 4.79 Å². The highest BCUT2D eigenvalue weighted by molar-refractivity contribution is 5.77. The highest BCUT2D eigenvalue weighted by Gasteiger charge is 2.27. The SMILES string of the molecule is CCc1ccc(C2CNCCN2C(=O)CCCCNC(N)=O)cc1. The molecule has 1 aliphatic rings. The molecule has 0 bridgehead atoms. The van der Waals surface area contributed by atoms with Gasteiger partial charge in [0.1, 0.15) is 0 Å². The fraction of sp³-hybridized carbons (Fsp3) is 0.556. The zero-order chi connectivity index (χ0) is 17.4. The number of nitrogens with two attached hydrogens (primary N) is 1. The van der Waals surface area contributed by atoms with Crippen molar-refractivity contribution in [2.24, 2.45) is 5.73 Å². The van der Waals surface area contributed by atoms with Crippen molar-refractivity contribution < 1.29 is 9.59 Å². The molecule has 1 aromatic carbocycles. The number of piperazine rings is 1. The zero-order valence-electron chi connectivity index (χ0n) is 14.4. The third kappa shape index (κ3) is 5.23. The summed E-state index contributed by atoms with van der Waals surface area (Å²) < 4.78 is 0. The van der Waals surface area contributed by atoms with Crippen molar-refractivity contribution in [1.29, 1.82) is 0 Å². The normalized spacial score (nSPS) is 17.5. The van der Waals surface area contributed by atoms with Crippen molar-refractivity contribution in [2.75, 3.05) is 26.2 Å². The third-order valence-corrected chi connectivity index (χ3v) is 4.45. The predicted octanol–water partition coefficient (Wildman–Crippen LogP) is 1.56.